The molecule has 304 valence electrons. The Bertz CT molecular complexity index is 3700. The SMILES string of the molecule is C1=CC2c3cc(-c4ccc(-c5ccc6ccccc6c5)cc4)ccc3N(c3ccc(-c4cccc(-c5cccc(-c6cnc7c8ccccc8c8ccccc8c7n6)c5)c4)cc3)C2C=C1. The second-order valence-corrected chi connectivity index (χ2v) is 17.3. The number of hydrogen-bond donors (Lipinski definition) is 0. The van der Waals surface area contributed by atoms with Crippen molar-refractivity contribution in [1.82, 2.24) is 9.97 Å². The fraction of sp³-hybridized carbons (Fsp3) is 0.0323. The smallest absolute Gasteiger partial charge is 0.0979 e. The fourth-order valence-electron chi connectivity index (χ4n) is 10.4. The van der Waals surface area contributed by atoms with Crippen LogP contribution in [0.5, 0.6) is 0 Å². The maximum absolute atomic E-state index is 5.27. The van der Waals surface area contributed by atoms with Gasteiger partial charge in [0.1, 0.15) is 0 Å². The van der Waals surface area contributed by atoms with Crippen LogP contribution in [0.3, 0.4) is 0 Å². The molecule has 0 bridgehead atoms. The predicted octanol–water partition coefficient (Wildman–Crippen LogP) is 16.2. The minimum atomic E-state index is 0.215. The number of benzene rings is 10. The van der Waals surface area contributed by atoms with Crippen molar-refractivity contribution in [3.05, 3.63) is 242 Å². The normalized spacial score (nSPS) is 15.2. The molecule has 2 aliphatic rings. The minimum Gasteiger partial charge on any atom is -0.333 e. The van der Waals surface area contributed by atoms with Crippen LogP contribution in [0.15, 0.2) is 237 Å². The Morgan fingerprint density at radius 2 is 0.892 bits per heavy atom. The van der Waals surface area contributed by atoms with Crippen molar-refractivity contribution in [2.75, 3.05) is 4.90 Å². The number of anilines is 2. The van der Waals surface area contributed by atoms with Crippen LogP contribution in [0.25, 0.3) is 99.1 Å². The van der Waals surface area contributed by atoms with E-state index in [4.69, 9.17) is 9.97 Å². The van der Waals surface area contributed by atoms with Crippen LogP contribution >= 0.6 is 0 Å². The largest absolute Gasteiger partial charge is 0.333 e. The van der Waals surface area contributed by atoms with Gasteiger partial charge in [0.15, 0.2) is 0 Å². The lowest BCUT2D eigenvalue weighted by atomic mass is 9.89. The fourth-order valence-corrected chi connectivity index (χ4v) is 10.4. The highest BCUT2D eigenvalue weighted by Gasteiger charge is 2.37. The van der Waals surface area contributed by atoms with Crippen LogP contribution in [-0.2, 0) is 0 Å². The van der Waals surface area contributed by atoms with Gasteiger partial charge in [0.05, 0.1) is 29.0 Å². The van der Waals surface area contributed by atoms with Gasteiger partial charge in [-0.3, -0.25) is 4.98 Å². The highest BCUT2D eigenvalue weighted by Crippen LogP contribution is 2.49. The summed E-state index contributed by atoms with van der Waals surface area (Å²) < 4.78 is 0. The van der Waals surface area contributed by atoms with Gasteiger partial charge in [0, 0.05) is 33.6 Å². The van der Waals surface area contributed by atoms with Crippen LogP contribution in [0.4, 0.5) is 11.4 Å². The molecule has 13 rings (SSSR count). The van der Waals surface area contributed by atoms with Crippen LogP contribution in [-0.4, -0.2) is 16.0 Å². The van der Waals surface area contributed by atoms with Crippen molar-refractivity contribution in [2.24, 2.45) is 0 Å². The molecule has 65 heavy (non-hydrogen) atoms. The summed E-state index contributed by atoms with van der Waals surface area (Å²) in [6.45, 7) is 0. The van der Waals surface area contributed by atoms with Crippen molar-refractivity contribution in [3.8, 4) is 55.8 Å². The van der Waals surface area contributed by atoms with Gasteiger partial charge in [-0.1, -0.05) is 188 Å². The zero-order chi connectivity index (χ0) is 42.8. The van der Waals surface area contributed by atoms with E-state index in [9.17, 15) is 0 Å². The van der Waals surface area contributed by atoms with Crippen molar-refractivity contribution in [3.63, 3.8) is 0 Å². The zero-order valence-electron chi connectivity index (χ0n) is 35.5. The molecular formula is C62H41N3. The molecule has 2 heterocycles. The molecule has 3 heteroatoms. The number of allylic oxidation sites excluding steroid dienone is 2. The molecule has 0 fully saturated rings. The molecule has 2 unspecified atom stereocenters. The van der Waals surface area contributed by atoms with Crippen molar-refractivity contribution < 1.29 is 0 Å². The molecule has 0 saturated carbocycles. The molecule has 0 radical (unpaired) electrons. The van der Waals surface area contributed by atoms with Gasteiger partial charge in [-0.2, -0.15) is 0 Å². The summed E-state index contributed by atoms with van der Waals surface area (Å²) in [6, 6.07) is 75.2. The molecule has 2 atom stereocenters. The number of fused-ring (bicyclic) bond motifs is 10. The topological polar surface area (TPSA) is 29.0 Å². The first kappa shape index (κ1) is 37.2. The van der Waals surface area contributed by atoms with E-state index >= 15 is 0 Å². The Kier molecular flexibility index (Phi) is 8.67. The van der Waals surface area contributed by atoms with Crippen molar-refractivity contribution in [2.45, 2.75) is 12.0 Å². The highest BCUT2D eigenvalue weighted by atomic mass is 15.2. The van der Waals surface area contributed by atoms with Gasteiger partial charge in [0.25, 0.3) is 0 Å². The molecule has 10 aromatic carbocycles. The molecule has 1 aliphatic heterocycles. The summed E-state index contributed by atoms with van der Waals surface area (Å²) in [6.07, 6.45) is 11.0. The van der Waals surface area contributed by atoms with Crippen molar-refractivity contribution in [1.29, 1.82) is 0 Å². The number of nitrogens with zero attached hydrogens (tertiary/aromatic N) is 3. The molecule has 0 amide bonds. The van der Waals surface area contributed by atoms with Gasteiger partial charge in [-0.25, -0.2) is 4.98 Å². The third-order valence-corrected chi connectivity index (χ3v) is 13.6. The van der Waals surface area contributed by atoms with E-state index in [-0.39, 0.29) is 12.0 Å². The van der Waals surface area contributed by atoms with Gasteiger partial charge in [-0.15, -0.1) is 0 Å². The lowest BCUT2D eigenvalue weighted by molar-refractivity contribution is 0.745. The lowest BCUT2D eigenvalue weighted by Crippen LogP contribution is -2.28. The Balaban J connectivity index is 0.782. The van der Waals surface area contributed by atoms with Crippen LogP contribution in [0, 0.1) is 0 Å². The number of rotatable bonds is 6. The van der Waals surface area contributed by atoms with Crippen LogP contribution in [0.2, 0.25) is 0 Å². The molecule has 0 spiro atoms. The predicted molar refractivity (Wildman–Crippen MR) is 273 cm³/mol. The highest BCUT2D eigenvalue weighted by molar-refractivity contribution is 6.23. The van der Waals surface area contributed by atoms with Gasteiger partial charge in [-0.05, 0) is 114 Å². The van der Waals surface area contributed by atoms with Crippen molar-refractivity contribution >= 4 is 54.7 Å². The first-order valence-corrected chi connectivity index (χ1v) is 22.5. The zero-order valence-corrected chi connectivity index (χ0v) is 35.5. The van der Waals surface area contributed by atoms with E-state index in [2.05, 4.69) is 235 Å². The average Bonchev–Trinajstić information content (AvgIpc) is 3.72. The summed E-state index contributed by atoms with van der Waals surface area (Å²) in [4.78, 5) is 12.8. The quantitative estimate of drug-likeness (QED) is 0.156. The Morgan fingerprint density at radius 1 is 0.369 bits per heavy atom. The Hall–Kier alpha value is -8.40. The maximum atomic E-state index is 5.27. The summed E-state index contributed by atoms with van der Waals surface area (Å²) in [5, 5.41) is 7.18. The third kappa shape index (κ3) is 6.35. The summed E-state index contributed by atoms with van der Waals surface area (Å²) >= 11 is 0. The Morgan fingerprint density at radius 3 is 1.62 bits per heavy atom. The minimum absolute atomic E-state index is 0.215. The summed E-state index contributed by atoms with van der Waals surface area (Å²) in [5.41, 5.74) is 17.2. The van der Waals surface area contributed by atoms with E-state index in [0.29, 0.717) is 0 Å². The molecule has 1 aliphatic carbocycles. The molecule has 0 saturated heterocycles. The second kappa shape index (κ2) is 15.1. The molecule has 11 aromatic rings. The lowest BCUT2D eigenvalue weighted by Gasteiger charge is -2.28. The average molecular weight is 828 g/mol. The third-order valence-electron chi connectivity index (χ3n) is 13.6. The summed E-state index contributed by atoms with van der Waals surface area (Å²) in [7, 11) is 0. The number of aromatic nitrogens is 2. The van der Waals surface area contributed by atoms with Crippen LogP contribution < -0.4 is 4.90 Å². The van der Waals surface area contributed by atoms with E-state index in [1.165, 1.54) is 71.9 Å². The first-order chi connectivity index (χ1) is 32.2. The maximum Gasteiger partial charge on any atom is 0.0979 e. The second-order valence-electron chi connectivity index (χ2n) is 17.3. The van der Waals surface area contributed by atoms with Gasteiger partial charge in [0.2, 0.25) is 0 Å². The monoisotopic (exact) mass is 827 g/mol. The number of hydrogen-bond acceptors (Lipinski definition) is 3. The standard InChI is InChI=1S/C62H41N3/c1-2-12-44-36-48(28-27-40(44)11-1)41-23-25-42(26-24-41)49-31-34-60-57(38-49)54-19-7-8-22-59(54)65(60)51-32-29-43(30-33-51)45-13-9-14-46(35-45)47-15-10-16-50(37-47)58-39-63-61-55-20-5-3-17-52(55)53-18-4-6-21-56(53)62(61)64-58/h1-39,54,59H. The van der Waals surface area contributed by atoms with Gasteiger partial charge >= 0.3 is 0 Å². The van der Waals surface area contributed by atoms with Gasteiger partial charge < -0.3 is 4.90 Å². The van der Waals surface area contributed by atoms with E-state index in [1.54, 1.807) is 0 Å². The van der Waals surface area contributed by atoms with E-state index in [0.717, 1.165) is 44.2 Å². The molecule has 3 nitrogen and oxygen atoms in total. The molecule has 0 N–H and O–H groups in total. The van der Waals surface area contributed by atoms with Crippen LogP contribution in [0.1, 0.15) is 11.5 Å². The Labute approximate surface area is 377 Å². The molecular weight excluding hydrogens is 787 g/mol. The summed E-state index contributed by atoms with van der Waals surface area (Å²) in [5.74, 6) is 0.277. The van der Waals surface area contributed by atoms with E-state index < -0.39 is 0 Å². The molecule has 1 aromatic heterocycles. The first-order valence-electron chi connectivity index (χ1n) is 22.5. The van der Waals surface area contributed by atoms with E-state index in [1.807, 2.05) is 6.20 Å².